The molecule has 0 spiro atoms. The number of unbranched alkanes of at least 4 members (excludes halogenated alkanes) is 14. The molecule has 1 aliphatic rings. The van der Waals surface area contributed by atoms with Gasteiger partial charge in [0, 0.05) is 51.2 Å². The summed E-state index contributed by atoms with van der Waals surface area (Å²) < 4.78 is 38.6. The molecule has 0 aromatic heterocycles. The second-order valence-corrected chi connectivity index (χ2v) is 22.1. The number of amides is 4. The molecule has 0 saturated carbocycles. The van der Waals surface area contributed by atoms with Crippen LogP contribution in [0.3, 0.4) is 0 Å². The number of nitrogens with one attached hydrogen (secondary N) is 4. The summed E-state index contributed by atoms with van der Waals surface area (Å²) in [5, 5.41) is 11.3. The topological polar surface area (TPSA) is 215 Å². The van der Waals surface area contributed by atoms with E-state index in [4.69, 9.17) is 33.2 Å². The van der Waals surface area contributed by atoms with Gasteiger partial charge in [-0.25, -0.2) is 9.59 Å². The van der Waals surface area contributed by atoms with E-state index in [9.17, 15) is 28.8 Å². The molecule has 4 amide bonds. The Morgan fingerprint density at radius 1 is 0.449 bits per heavy atom. The molecule has 2 aromatic rings. The van der Waals surface area contributed by atoms with Crippen molar-refractivity contribution in [3.63, 3.8) is 0 Å². The van der Waals surface area contributed by atoms with Crippen LogP contribution in [-0.2, 0) is 57.1 Å². The maximum Gasteiger partial charge on any atom is 0.407 e. The summed E-state index contributed by atoms with van der Waals surface area (Å²) in [6.45, 7) is 14.8. The van der Waals surface area contributed by atoms with Crippen molar-refractivity contribution in [3.8, 4) is 11.1 Å². The Kier molecular flexibility index (Phi) is 34.6. The van der Waals surface area contributed by atoms with Crippen LogP contribution in [0.25, 0.3) is 11.1 Å². The van der Waals surface area contributed by atoms with Crippen molar-refractivity contribution in [2.75, 3.05) is 79.1 Å². The van der Waals surface area contributed by atoms with Crippen LogP contribution in [0.5, 0.6) is 0 Å². The lowest BCUT2D eigenvalue weighted by Gasteiger charge is -2.24. The zero-order chi connectivity index (χ0) is 56.7. The van der Waals surface area contributed by atoms with Crippen molar-refractivity contribution < 1.29 is 61.9 Å². The van der Waals surface area contributed by atoms with Crippen LogP contribution in [0.15, 0.2) is 48.5 Å². The largest absolute Gasteiger partial charge is 0.460 e. The summed E-state index contributed by atoms with van der Waals surface area (Å²) in [5.74, 6) is -0.976. The lowest BCUT2D eigenvalue weighted by Crippen LogP contribution is -2.44. The van der Waals surface area contributed by atoms with Gasteiger partial charge in [-0.1, -0.05) is 126 Å². The number of alkyl carbamates (subject to hydrolysis) is 1. The number of hydrogen-bond donors (Lipinski definition) is 4. The summed E-state index contributed by atoms with van der Waals surface area (Å²) in [4.78, 5) is 74.5. The summed E-state index contributed by atoms with van der Waals surface area (Å²) >= 11 is 0. The number of hydrogen-bond acceptors (Lipinski definition) is 13. The zero-order valence-corrected chi connectivity index (χ0v) is 48.4. The van der Waals surface area contributed by atoms with Crippen LogP contribution in [0, 0.1) is 0 Å². The van der Waals surface area contributed by atoms with Crippen molar-refractivity contribution in [2.24, 2.45) is 0 Å². The predicted molar refractivity (Wildman–Crippen MR) is 303 cm³/mol. The van der Waals surface area contributed by atoms with Crippen molar-refractivity contribution >= 4 is 35.8 Å². The Labute approximate surface area is 466 Å². The van der Waals surface area contributed by atoms with Crippen LogP contribution in [0.2, 0.25) is 0 Å². The Morgan fingerprint density at radius 3 is 1.38 bits per heavy atom. The van der Waals surface area contributed by atoms with Gasteiger partial charge in [-0.3, -0.25) is 19.2 Å². The summed E-state index contributed by atoms with van der Waals surface area (Å²) in [6.07, 6.45) is 18.4. The van der Waals surface area contributed by atoms with E-state index in [1.807, 2.05) is 45.0 Å². The van der Waals surface area contributed by atoms with Gasteiger partial charge in [0.1, 0.15) is 23.9 Å². The SMILES string of the molecule is CC(C)(C)OC(=O)CCCCCCCCCCCCCCCCC(=O)N[C@@H](CCCCNC(=O)CCOCCOCCNC(=O)CCOCCOCCNC(=O)OCC1c2ccccc2-c2ccccc21)C(=O)OC(C)(C)C. The molecule has 0 saturated heterocycles. The van der Waals surface area contributed by atoms with Gasteiger partial charge >= 0.3 is 18.0 Å². The molecule has 440 valence electrons. The average molecular weight is 1100 g/mol. The van der Waals surface area contributed by atoms with Gasteiger partial charge in [0.2, 0.25) is 17.7 Å². The number of ether oxygens (including phenoxy) is 7. The number of carbonyl (C=O) groups excluding carboxylic acids is 6. The second-order valence-electron chi connectivity index (χ2n) is 22.1. The van der Waals surface area contributed by atoms with Gasteiger partial charge in [0.15, 0.2) is 0 Å². The molecule has 0 bridgehead atoms. The third-order valence-corrected chi connectivity index (χ3v) is 12.8. The van der Waals surface area contributed by atoms with E-state index >= 15 is 0 Å². The summed E-state index contributed by atoms with van der Waals surface area (Å²) in [5.41, 5.74) is 3.59. The Bertz CT molecular complexity index is 1970. The molecular weight excluding hydrogens is 997 g/mol. The number of benzene rings is 2. The minimum Gasteiger partial charge on any atom is -0.460 e. The zero-order valence-electron chi connectivity index (χ0n) is 48.4. The molecule has 0 radical (unpaired) electrons. The molecular formula is C61H98N4O13. The quantitative estimate of drug-likeness (QED) is 0.0276. The highest BCUT2D eigenvalue weighted by Crippen LogP contribution is 2.44. The van der Waals surface area contributed by atoms with Gasteiger partial charge in [-0.15, -0.1) is 0 Å². The average Bonchev–Trinajstić information content (AvgIpc) is 3.82. The fourth-order valence-electron chi connectivity index (χ4n) is 8.95. The molecule has 0 fully saturated rings. The fraction of sp³-hybridized carbons (Fsp3) is 0.705. The van der Waals surface area contributed by atoms with Gasteiger partial charge < -0.3 is 54.4 Å². The van der Waals surface area contributed by atoms with E-state index in [2.05, 4.69) is 45.5 Å². The van der Waals surface area contributed by atoms with Crippen molar-refractivity contribution in [1.82, 2.24) is 21.3 Å². The number of fused-ring (bicyclic) bond motifs is 3. The standard InChI is InChI=1S/C61H98N4O13/c1-60(2,3)77-57(69)33-20-18-16-14-12-10-8-7-9-11-13-15-17-19-32-56(68)65-53(58(70)78-61(4,5)6)31-25-26-36-62-54(66)34-39-72-43-45-74-41-37-63-55(67)35-40-73-44-46-75-42-38-64-59(71)76-47-52-50-29-23-21-27-48(50)49-28-22-24-30-51(49)52/h21-24,27-30,52-53H,7-20,25-26,31-47H2,1-6H3,(H,62,66)(H,63,67)(H,64,71)(H,65,68)/t53-/m0/s1. The van der Waals surface area contributed by atoms with Gasteiger partial charge in [0.25, 0.3) is 0 Å². The normalized spacial score (nSPS) is 12.5. The predicted octanol–water partition coefficient (Wildman–Crippen LogP) is 10.2. The number of rotatable bonds is 44. The van der Waals surface area contributed by atoms with E-state index in [0.717, 1.165) is 43.2 Å². The van der Waals surface area contributed by atoms with E-state index in [-0.39, 0.29) is 62.3 Å². The Balaban J connectivity index is 1.07. The van der Waals surface area contributed by atoms with E-state index < -0.39 is 29.3 Å². The van der Waals surface area contributed by atoms with Gasteiger partial charge in [-0.2, -0.15) is 0 Å². The smallest absolute Gasteiger partial charge is 0.407 e. The van der Waals surface area contributed by atoms with Crippen LogP contribution in [0.4, 0.5) is 4.79 Å². The highest BCUT2D eigenvalue weighted by atomic mass is 16.6. The van der Waals surface area contributed by atoms with E-state index in [1.54, 1.807) is 20.8 Å². The van der Waals surface area contributed by atoms with Gasteiger partial charge in [0.05, 0.1) is 52.9 Å². The number of carbonyl (C=O) groups is 6. The number of esters is 2. The monoisotopic (exact) mass is 1090 g/mol. The lowest BCUT2D eigenvalue weighted by molar-refractivity contribution is -0.159. The molecule has 78 heavy (non-hydrogen) atoms. The van der Waals surface area contributed by atoms with Crippen LogP contribution in [0.1, 0.15) is 193 Å². The molecule has 3 rings (SSSR count). The van der Waals surface area contributed by atoms with Crippen molar-refractivity contribution in [2.45, 2.75) is 200 Å². The molecule has 1 atom stereocenters. The maximum atomic E-state index is 13.0. The Hall–Kier alpha value is -5.10. The molecule has 0 aliphatic heterocycles. The molecule has 2 aromatic carbocycles. The summed E-state index contributed by atoms with van der Waals surface area (Å²) in [7, 11) is 0. The summed E-state index contributed by atoms with van der Waals surface area (Å²) in [6, 6.07) is 15.6. The lowest BCUT2D eigenvalue weighted by atomic mass is 9.98. The third-order valence-electron chi connectivity index (χ3n) is 12.8. The first-order chi connectivity index (χ1) is 37.5. The minimum atomic E-state index is -0.741. The first kappa shape index (κ1) is 67.2. The van der Waals surface area contributed by atoms with Crippen LogP contribution < -0.4 is 21.3 Å². The first-order valence-corrected chi connectivity index (χ1v) is 29.2. The molecule has 1 aliphatic carbocycles. The first-order valence-electron chi connectivity index (χ1n) is 29.2. The Morgan fingerprint density at radius 2 is 0.885 bits per heavy atom. The van der Waals surface area contributed by atoms with Crippen LogP contribution in [-0.4, -0.2) is 132 Å². The molecule has 0 unspecified atom stereocenters. The van der Waals surface area contributed by atoms with Crippen LogP contribution >= 0.6 is 0 Å². The van der Waals surface area contributed by atoms with E-state index in [1.165, 1.54) is 68.9 Å². The minimum absolute atomic E-state index is 0.00131. The molecule has 17 heteroatoms. The maximum absolute atomic E-state index is 13.0. The molecule has 4 N–H and O–H groups in total. The fourth-order valence-corrected chi connectivity index (χ4v) is 8.95. The highest BCUT2D eigenvalue weighted by molar-refractivity contribution is 5.84. The van der Waals surface area contributed by atoms with Gasteiger partial charge in [-0.05, 0) is 95.9 Å². The van der Waals surface area contributed by atoms with E-state index in [0.29, 0.717) is 91.4 Å². The highest BCUT2D eigenvalue weighted by Gasteiger charge is 2.29. The second kappa shape index (κ2) is 40.1. The third kappa shape index (κ3) is 32.7. The van der Waals surface area contributed by atoms with Crippen molar-refractivity contribution in [1.29, 1.82) is 0 Å². The van der Waals surface area contributed by atoms with Crippen molar-refractivity contribution in [3.05, 3.63) is 59.7 Å². The molecule has 17 nitrogen and oxygen atoms in total. The molecule has 0 heterocycles.